The van der Waals surface area contributed by atoms with Crippen molar-refractivity contribution in [2.45, 2.75) is 39.8 Å². The van der Waals surface area contributed by atoms with E-state index >= 15 is 0 Å². The third-order valence-corrected chi connectivity index (χ3v) is 4.16. The number of aromatic nitrogens is 5. The Morgan fingerprint density at radius 1 is 1.12 bits per heavy atom. The highest BCUT2D eigenvalue weighted by atomic mass is 35.5. The predicted molar refractivity (Wildman–Crippen MR) is 97.4 cm³/mol. The van der Waals surface area contributed by atoms with Gasteiger partial charge in [0.15, 0.2) is 11.2 Å². The van der Waals surface area contributed by atoms with E-state index in [-0.39, 0.29) is 16.9 Å². The highest BCUT2D eigenvalue weighted by Gasteiger charge is 2.20. The Bertz CT molecular complexity index is 1050. The van der Waals surface area contributed by atoms with Crippen LogP contribution in [-0.2, 0) is 13.1 Å². The summed E-state index contributed by atoms with van der Waals surface area (Å²) in [5, 5.41) is 8.63. The third kappa shape index (κ3) is 2.82. The Morgan fingerprint density at radius 2 is 1.80 bits per heavy atom. The molecule has 0 radical (unpaired) electrons. The van der Waals surface area contributed by atoms with E-state index in [4.69, 9.17) is 17.3 Å². The molecule has 0 atom stereocenters. The monoisotopic (exact) mass is 362 g/mol. The van der Waals surface area contributed by atoms with Crippen molar-refractivity contribution in [2.24, 2.45) is 0 Å². The smallest absolute Gasteiger partial charge is 0.332 e. The van der Waals surface area contributed by atoms with Crippen molar-refractivity contribution >= 4 is 28.5 Å². The van der Waals surface area contributed by atoms with E-state index in [0.29, 0.717) is 35.9 Å². The van der Waals surface area contributed by atoms with E-state index in [1.165, 1.54) is 13.8 Å². The van der Waals surface area contributed by atoms with Gasteiger partial charge in [-0.25, -0.2) is 9.48 Å². The summed E-state index contributed by atoms with van der Waals surface area (Å²) in [5.74, 6) is 0. The zero-order chi connectivity index (χ0) is 18.1. The standard InChI is InChI=1S/C16H19ClN6O2/c1-3-7-21-14-13(15(24)22(8-4-2)16(21)25)23(20-19-14)12-6-5-10(17)9-11(12)18/h5-6,9H,3-4,7-8,18H2,1-2H3. The van der Waals surface area contributed by atoms with Crippen LogP contribution in [0.15, 0.2) is 27.8 Å². The van der Waals surface area contributed by atoms with Crippen LogP contribution in [0.5, 0.6) is 0 Å². The number of aryl methyl sites for hydroxylation is 1. The first-order valence-electron chi connectivity index (χ1n) is 8.14. The summed E-state index contributed by atoms with van der Waals surface area (Å²) in [4.78, 5) is 25.6. The Morgan fingerprint density at radius 3 is 2.44 bits per heavy atom. The minimum Gasteiger partial charge on any atom is -0.397 e. The number of nitrogens with two attached hydrogens (primary N) is 1. The largest absolute Gasteiger partial charge is 0.397 e. The van der Waals surface area contributed by atoms with Crippen molar-refractivity contribution in [3.05, 3.63) is 44.1 Å². The minimum atomic E-state index is -0.423. The summed E-state index contributed by atoms with van der Waals surface area (Å²) in [6, 6.07) is 4.91. The zero-order valence-electron chi connectivity index (χ0n) is 14.1. The van der Waals surface area contributed by atoms with Crippen molar-refractivity contribution in [2.75, 3.05) is 5.73 Å². The minimum absolute atomic E-state index is 0.232. The summed E-state index contributed by atoms with van der Waals surface area (Å²) >= 11 is 5.94. The fourth-order valence-corrected chi connectivity index (χ4v) is 3.01. The molecule has 0 fully saturated rings. The van der Waals surface area contributed by atoms with Gasteiger partial charge >= 0.3 is 5.69 Å². The van der Waals surface area contributed by atoms with Crippen LogP contribution in [-0.4, -0.2) is 24.1 Å². The van der Waals surface area contributed by atoms with Gasteiger partial charge in [-0.05, 0) is 31.0 Å². The van der Waals surface area contributed by atoms with Gasteiger partial charge in [0.25, 0.3) is 5.56 Å². The van der Waals surface area contributed by atoms with E-state index in [9.17, 15) is 9.59 Å². The van der Waals surface area contributed by atoms with Crippen LogP contribution in [0.4, 0.5) is 5.69 Å². The first-order chi connectivity index (χ1) is 12.0. The SMILES string of the molecule is CCCn1c(=O)c2c(nnn2-c2ccc(Cl)cc2N)n(CCC)c1=O. The van der Waals surface area contributed by atoms with Crippen molar-refractivity contribution in [3.63, 3.8) is 0 Å². The van der Waals surface area contributed by atoms with Crippen LogP contribution in [0.1, 0.15) is 26.7 Å². The maximum atomic E-state index is 12.9. The molecule has 2 N–H and O–H groups in total. The van der Waals surface area contributed by atoms with Gasteiger partial charge < -0.3 is 5.73 Å². The van der Waals surface area contributed by atoms with Gasteiger partial charge in [-0.2, -0.15) is 0 Å². The molecule has 1 aromatic carbocycles. The number of benzene rings is 1. The fraction of sp³-hybridized carbons (Fsp3) is 0.375. The Hall–Kier alpha value is -2.61. The molecule has 0 spiro atoms. The molecular weight excluding hydrogens is 344 g/mol. The van der Waals surface area contributed by atoms with Crippen molar-refractivity contribution in [3.8, 4) is 5.69 Å². The van der Waals surface area contributed by atoms with E-state index < -0.39 is 5.56 Å². The highest BCUT2D eigenvalue weighted by molar-refractivity contribution is 6.30. The molecule has 8 nitrogen and oxygen atoms in total. The first-order valence-corrected chi connectivity index (χ1v) is 8.51. The van der Waals surface area contributed by atoms with Gasteiger partial charge in [-0.15, -0.1) is 5.10 Å². The zero-order valence-corrected chi connectivity index (χ0v) is 14.8. The molecule has 0 aliphatic carbocycles. The topological polar surface area (TPSA) is 101 Å². The van der Waals surface area contributed by atoms with E-state index in [1.807, 2.05) is 13.8 Å². The second-order valence-corrected chi connectivity index (χ2v) is 6.20. The summed E-state index contributed by atoms with van der Waals surface area (Å²) in [7, 11) is 0. The number of rotatable bonds is 5. The maximum absolute atomic E-state index is 12.9. The number of anilines is 1. The lowest BCUT2D eigenvalue weighted by Crippen LogP contribution is -2.40. The summed E-state index contributed by atoms with van der Waals surface area (Å²) in [6.07, 6.45) is 1.40. The Kier molecular flexibility index (Phi) is 4.63. The quantitative estimate of drug-likeness (QED) is 0.697. The van der Waals surface area contributed by atoms with Gasteiger partial charge in [-0.3, -0.25) is 13.9 Å². The maximum Gasteiger partial charge on any atom is 0.332 e. The highest BCUT2D eigenvalue weighted by Crippen LogP contribution is 2.23. The summed E-state index contributed by atoms with van der Waals surface area (Å²) in [6.45, 7) is 4.65. The third-order valence-electron chi connectivity index (χ3n) is 3.93. The van der Waals surface area contributed by atoms with Gasteiger partial charge in [0, 0.05) is 18.1 Å². The van der Waals surface area contributed by atoms with Gasteiger partial charge in [0.2, 0.25) is 0 Å². The number of halogens is 1. The van der Waals surface area contributed by atoms with E-state index in [2.05, 4.69) is 10.3 Å². The number of nitrogens with zero attached hydrogens (tertiary/aromatic N) is 5. The van der Waals surface area contributed by atoms with Gasteiger partial charge in [0.05, 0.1) is 11.4 Å². The molecule has 0 bridgehead atoms. The van der Waals surface area contributed by atoms with Gasteiger partial charge in [0.1, 0.15) is 0 Å². The Balaban J connectivity index is 2.40. The summed E-state index contributed by atoms with van der Waals surface area (Å²) in [5.41, 5.74) is 6.60. The van der Waals surface area contributed by atoms with Gasteiger partial charge in [-0.1, -0.05) is 30.7 Å². The average molecular weight is 363 g/mol. The Labute approximate surface area is 148 Å². The molecule has 0 saturated heterocycles. The number of nitrogen functional groups attached to an aromatic ring is 1. The molecule has 0 aliphatic rings. The second-order valence-electron chi connectivity index (χ2n) is 5.77. The van der Waals surface area contributed by atoms with Crippen LogP contribution < -0.4 is 17.0 Å². The van der Waals surface area contributed by atoms with Crippen LogP contribution in [0.3, 0.4) is 0 Å². The predicted octanol–water partition coefficient (Wildman–Crippen LogP) is 1.80. The average Bonchev–Trinajstić information content (AvgIpc) is 3.00. The molecule has 0 amide bonds. The second kappa shape index (κ2) is 6.72. The lowest BCUT2D eigenvalue weighted by atomic mass is 10.2. The van der Waals surface area contributed by atoms with Crippen molar-refractivity contribution < 1.29 is 0 Å². The fourth-order valence-electron chi connectivity index (χ4n) is 2.83. The normalized spacial score (nSPS) is 11.3. The molecule has 0 aliphatic heterocycles. The molecule has 0 saturated carbocycles. The number of hydrogen-bond donors (Lipinski definition) is 1. The van der Waals surface area contributed by atoms with E-state index in [0.717, 1.165) is 6.42 Å². The number of fused-ring (bicyclic) bond motifs is 1. The van der Waals surface area contributed by atoms with Crippen molar-refractivity contribution in [1.82, 2.24) is 24.1 Å². The van der Waals surface area contributed by atoms with Crippen LogP contribution >= 0.6 is 11.6 Å². The van der Waals surface area contributed by atoms with Crippen molar-refractivity contribution in [1.29, 1.82) is 0 Å². The first kappa shape index (κ1) is 17.2. The van der Waals surface area contributed by atoms with Crippen LogP contribution in [0, 0.1) is 0 Å². The van der Waals surface area contributed by atoms with Crippen LogP contribution in [0.25, 0.3) is 16.9 Å². The van der Waals surface area contributed by atoms with E-state index in [1.54, 1.807) is 18.2 Å². The molecule has 9 heteroatoms. The number of hydrogen-bond acceptors (Lipinski definition) is 5. The lowest BCUT2D eigenvalue weighted by Gasteiger charge is -2.11. The molecule has 3 aromatic rings. The summed E-state index contributed by atoms with van der Waals surface area (Å²) < 4.78 is 4.09. The molecule has 132 valence electrons. The molecule has 0 unspecified atom stereocenters. The lowest BCUT2D eigenvalue weighted by molar-refractivity contribution is 0.555. The molecular formula is C16H19ClN6O2. The molecule has 2 heterocycles. The molecule has 2 aromatic heterocycles. The van der Waals surface area contributed by atoms with Crippen LogP contribution in [0.2, 0.25) is 5.02 Å². The molecule has 3 rings (SSSR count). The molecule has 25 heavy (non-hydrogen) atoms.